The maximum absolute atomic E-state index is 12.4. The highest BCUT2D eigenvalue weighted by atomic mass is 79.9. The zero-order valence-corrected chi connectivity index (χ0v) is 10.9. The first-order chi connectivity index (χ1) is 7.70. The van der Waals surface area contributed by atoms with Crippen molar-refractivity contribution in [2.75, 3.05) is 0 Å². The second-order valence-corrected chi connectivity index (χ2v) is 5.80. The van der Waals surface area contributed by atoms with Gasteiger partial charge in [-0.2, -0.15) is 5.10 Å². The molecular formula is C12H15BrN2O. The van der Waals surface area contributed by atoms with Crippen LogP contribution in [0.5, 0.6) is 0 Å². The van der Waals surface area contributed by atoms with Gasteiger partial charge in [-0.15, -0.1) is 0 Å². The average molecular weight is 283 g/mol. The van der Waals surface area contributed by atoms with Crippen LogP contribution < -0.4 is 0 Å². The van der Waals surface area contributed by atoms with Gasteiger partial charge in [0.05, 0.1) is 10.7 Å². The molecule has 0 amide bonds. The second-order valence-electron chi connectivity index (χ2n) is 4.95. The quantitative estimate of drug-likeness (QED) is 0.799. The summed E-state index contributed by atoms with van der Waals surface area (Å²) >= 11 is 3.43. The van der Waals surface area contributed by atoms with Crippen molar-refractivity contribution in [1.82, 2.24) is 9.78 Å². The number of hydrogen-bond donors (Lipinski definition) is 0. The summed E-state index contributed by atoms with van der Waals surface area (Å²) in [6.07, 6.45) is 5.29. The van der Waals surface area contributed by atoms with Crippen LogP contribution in [0.4, 0.5) is 0 Å². The topological polar surface area (TPSA) is 34.9 Å². The number of nitrogens with zero attached hydrogens (tertiary/aromatic N) is 2. The molecule has 16 heavy (non-hydrogen) atoms. The molecule has 2 saturated carbocycles. The normalized spacial score (nSPS) is 31.5. The van der Waals surface area contributed by atoms with E-state index in [-0.39, 0.29) is 5.92 Å². The van der Waals surface area contributed by atoms with Crippen LogP contribution in [-0.4, -0.2) is 15.6 Å². The third-order valence-electron chi connectivity index (χ3n) is 3.94. The Morgan fingerprint density at radius 1 is 1.50 bits per heavy atom. The molecule has 2 aliphatic rings. The molecule has 0 saturated heterocycles. The summed E-state index contributed by atoms with van der Waals surface area (Å²) < 4.78 is 2.65. The molecule has 2 unspecified atom stereocenters. The fourth-order valence-electron chi connectivity index (χ4n) is 2.97. The number of Topliss-reactive ketones (excluding diaryl/α,β-unsaturated/α-hetero) is 1. The van der Waals surface area contributed by atoms with Gasteiger partial charge in [0.25, 0.3) is 0 Å². The number of rotatable bonds is 3. The second kappa shape index (κ2) is 3.69. The predicted octanol–water partition coefficient (Wildman–Crippen LogP) is 2.89. The summed E-state index contributed by atoms with van der Waals surface area (Å²) in [5.74, 6) is 2.25. The lowest BCUT2D eigenvalue weighted by Gasteiger charge is -2.11. The minimum atomic E-state index is 0.252. The molecule has 3 rings (SSSR count). The Bertz CT molecular complexity index is 430. The van der Waals surface area contributed by atoms with E-state index in [1.807, 2.05) is 6.92 Å². The summed E-state index contributed by atoms with van der Waals surface area (Å²) in [4.78, 5) is 12.4. The minimum absolute atomic E-state index is 0.252. The van der Waals surface area contributed by atoms with E-state index in [0.717, 1.165) is 41.4 Å². The summed E-state index contributed by atoms with van der Waals surface area (Å²) in [5.41, 5.74) is 0.772. The van der Waals surface area contributed by atoms with Crippen molar-refractivity contribution < 1.29 is 4.79 Å². The van der Waals surface area contributed by atoms with Gasteiger partial charge in [0.15, 0.2) is 5.78 Å². The third kappa shape index (κ3) is 1.54. The van der Waals surface area contributed by atoms with E-state index in [0.29, 0.717) is 5.78 Å². The number of ketones is 1. The molecule has 1 aromatic rings. The molecule has 0 bridgehead atoms. The monoisotopic (exact) mass is 282 g/mol. The van der Waals surface area contributed by atoms with Crippen LogP contribution >= 0.6 is 15.9 Å². The van der Waals surface area contributed by atoms with Gasteiger partial charge in [0.2, 0.25) is 0 Å². The molecule has 2 fully saturated rings. The van der Waals surface area contributed by atoms with Crippen LogP contribution in [0.25, 0.3) is 0 Å². The minimum Gasteiger partial charge on any atom is -0.292 e. The summed E-state index contributed by atoms with van der Waals surface area (Å²) in [5, 5.41) is 4.21. The van der Waals surface area contributed by atoms with E-state index >= 15 is 0 Å². The van der Waals surface area contributed by atoms with E-state index in [9.17, 15) is 4.79 Å². The van der Waals surface area contributed by atoms with E-state index < -0.39 is 0 Å². The lowest BCUT2D eigenvalue weighted by molar-refractivity contribution is 0.0902. The first-order valence-electron chi connectivity index (χ1n) is 5.96. The van der Waals surface area contributed by atoms with Crippen molar-refractivity contribution in [3.63, 3.8) is 0 Å². The highest BCUT2D eigenvalue weighted by Gasteiger charge is 2.48. The average Bonchev–Trinajstić information content (AvgIpc) is 2.74. The van der Waals surface area contributed by atoms with Gasteiger partial charge in [-0.25, -0.2) is 0 Å². The van der Waals surface area contributed by atoms with Crippen LogP contribution in [0.2, 0.25) is 0 Å². The number of carbonyl (C=O) groups is 1. The van der Waals surface area contributed by atoms with Crippen molar-refractivity contribution in [3.05, 3.63) is 16.4 Å². The summed E-state index contributed by atoms with van der Waals surface area (Å²) in [6, 6.07) is 0. The van der Waals surface area contributed by atoms with Crippen LogP contribution in [-0.2, 0) is 6.54 Å². The predicted molar refractivity (Wildman–Crippen MR) is 64.3 cm³/mol. The van der Waals surface area contributed by atoms with Crippen LogP contribution in [0, 0.1) is 17.8 Å². The zero-order valence-electron chi connectivity index (χ0n) is 9.32. The van der Waals surface area contributed by atoms with Gasteiger partial charge >= 0.3 is 0 Å². The summed E-state index contributed by atoms with van der Waals surface area (Å²) in [6.45, 7) is 2.77. The summed E-state index contributed by atoms with van der Waals surface area (Å²) in [7, 11) is 0. The van der Waals surface area contributed by atoms with Gasteiger partial charge in [0, 0.05) is 12.5 Å². The Morgan fingerprint density at radius 2 is 2.19 bits per heavy atom. The first-order valence-corrected chi connectivity index (χ1v) is 6.75. The van der Waals surface area contributed by atoms with Crippen LogP contribution in [0.3, 0.4) is 0 Å². The molecule has 1 aromatic heterocycles. The molecule has 1 heterocycles. The maximum Gasteiger partial charge on any atom is 0.185 e. The van der Waals surface area contributed by atoms with Crippen molar-refractivity contribution in [2.45, 2.75) is 32.7 Å². The van der Waals surface area contributed by atoms with Gasteiger partial charge in [-0.05, 0) is 54.0 Å². The fourth-order valence-corrected chi connectivity index (χ4v) is 3.46. The molecule has 0 radical (unpaired) electrons. The highest BCUT2D eigenvalue weighted by molar-refractivity contribution is 9.10. The molecule has 2 atom stereocenters. The smallest absolute Gasteiger partial charge is 0.185 e. The van der Waals surface area contributed by atoms with Crippen LogP contribution in [0.15, 0.2) is 10.7 Å². The van der Waals surface area contributed by atoms with E-state index in [4.69, 9.17) is 0 Å². The lowest BCUT2D eigenvalue weighted by atomic mass is 9.96. The SMILES string of the molecule is CCn1ncc(Br)c1C(=O)C1CC2CC2C1. The standard InChI is InChI=1S/C12H15BrN2O/c1-2-15-11(10(13)6-14-15)12(16)9-4-7-3-8(7)5-9/h6-9H,2-5H2,1H3. The lowest BCUT2D eigenvalue weighted by Crippen LogP contribution is -2.18. The largest absolute Gasteiger partial charge is 0.292 e. The Hall–Kier alpha value is -0.640. The molecule has 0 aliphatic heterocycles. The fraction of sp³-hybridized carbons (Fsp3) is 0.667. The Morgan fingerprint density at radius 3 is 2.81 bits per heavy atom. The molecule has 0 aromatic carbocycles. The number of carbonyl (C=O) groups excluding carboxylic acids is 1. The zero-order chi connectivity index (χ0) is 11.3. The van der Waals surface area contributed by atoms with Gasteiger partial charge in [-0.3, -0.25) is 9.48 Å². The molecule has 4 heteroatoms. The number of halogens is 1. The van der Waals surface area contributed by atoms with Gasteiger partial charge < -0.3 is 0 Å². The van der Waals surface area contributed by atoms with Gasteiger partial charge in [-0.1, -0.05) is 0 Å². The number of aryl methyl sites for hydroxylation is 1. The number of aromatic nitrogens is 2. The van der Waals surface area contributed by atoms with Crippen molar-refractivity contribution in [3.8, 4) is 0 Å². The van der Waals surface area contributed by atoms with Crippen molar-refractivity contribution in [2.24, 2.45) is 17.8 Å². The van der Waals surface area contributed by atoms with Crippen molar-refractivity contribution >= 4 is 21.7 Å². The Balaban J connectivity index is 1.85. The molecule has 3 nitrogen and oxygen atoms in total. The van der Waals surface area contributed by atoms with E-state index in [2.05, 4.69) is 21.0 Å². The molecule has 2 aliphatic carbocycles. The Kier molecular flexibility index (Phi) is 2.42. The number of hydrogen-bond acceptors (Lipinski definition) is 2. The number of fused-ring (bicyclic) bond motifs is 1. The van der Waals surface area contributed by atoms with E-state index in [1.165, 1.54) is 6.42 Å². The maximum atomic E-state index is 12.4. The third-order valence-corrected chi connectivity index (χ3v) is 4.52. The highest BCUT2D eigenvalue weighted by Crippen LogP contribution is 2.55. The van der Waals surface area contributed by atoms with E-state index in [1.54, 1.807) is 10.9 Å². The van der Waals surface area contributed by atoms with Crippen LogP contribution in [0.1, 0.15) is 36.7 Å². The first kappa shape index (κ1) is 10.5. The molecular weight excluding hydrogens is 268 g/mol. The molecule has 86 valence electrons. The van der Waals surface area contributed by atoms with Gasteiger partial charge in [0.1, 0.15) is 5.69 Å². The molecule has 0 N–H and O–H groups in total. The molecule has 0 spiro atoms. The van der Waals surface area contributed by atoms with Crippen molar-refractivity contribution in [1.29, 1.82) is 0 Å². The Labute approximate surface area is 103 Å².